The molecule has 0 amide bonds. The van der Waals surface area contributed by atoms with Crippen LogP contribution in [0, 0.1) is 13.8 Å². The highest BCUT2D eigenvalue weighted by molar-refractivity contribution is 5.43. The van der Waals surface area contributed by atoms with Crippen molar-refractivity contribution in [2.45, 2.75) is 46.7 Å². The normalized spacial score (nSPS) is 11.1. The Morgan fingerprint density at radius 3 is 2.26 bits per heavy atom. The fourth-order valence-corrected chi connectivity index (χ4v) is 2.07. The number of hydrogen-bond donors (Lipinski definition) is 1. The highest BCUT2D eigenvalue weighted by Gasteiger charge is 2.07. The van der Waals surface area contributed by atoms with Crippen molar-refractivity contribution in [1.82, 2.24) is 5.32 Å². The summed E-state index contributed by atoms with van der Waals surface area (Å²) < 4.78 is 10.9. The number of nitrogens with one attached hydrogen (secondary N) is 1. The first-order chi connectivity index (χ1) is 9.04. The highest BCUT2D eigenvalue weighted by atomic mass is 16.5. The van der Waals surface area contributed by atoms with E-state index in [1.54, 1.807) is 7.11 Å². The second-order valence-electron chi connectivity index (χ2n) is 5.29. The van der Waals surface area contributed by atoms with E-state index in [1.165, 1.54) is 16.7 Å². The predicted molar refractivity (Wildman–Crippen MR) is 79.9 cm³/mol. The molecule has 0 aliphatic carbocycles. The van der Waals surface area contributed by atoms with E-state index in [2.05, 4.69) is 45.1 Å². The van der Waals surface area contributed by atoms with Crippen LogP contribution in [-0.2, 0) is 11.3 Å². The van der Waals surface area contributed by atoms with Gasteiger partial charge in [-0.1, -0.05) is 26.0 Å². The summed E-state index contributed by atoms with van der Waals surface area (Å²) in [5.41, 5.74) is 3.73. The second-order valence-corrected chi connectivity index (χ2v) is 5.29. The fraction of sp³-hybridized carbons (Fsp3) is 0.625. The molecule has 1 aromatic carbocycles. The molecule has 3 nitrogen and oxygen atoms in total. The fourth-order valence-electron chi connectivity index (χ4n) is 2.07. The minimum Gasteiger partial charge on any atom is -0.493 e. The molecule has 0 atom stereocenters. The number of methoxy groups -OCH3 is 1. The summed E-state index contributed by atoms with van der Waals surface area (Å²) in [6.45, 7) is 10.9. The Labute approximate surface area is 117 Å². The third-order valence-corrected chi connectivity index (χ3v) is 2.97. The summed E-state index contributed by atoms with van der Waals surface area (Å²) in [4.78, 5) is 0. The first-order valence-electron chi connectivity index (χ1n) is 6.99. The molecule has 0 unspecified atom stereocenters. The number of ether oxygens (including phenoxy) is 2. The third kappa shape index (κ3) is 5.62. The molecule has 108 valence electrons. The van der Waals surface area contributed by atoms with Crippen LogP contribution in [0.5, 0.6) is 5.75 Å². The van der Waals surface area contributed by atoms with Crippen LogP contribution in [0.3, 0.4) is 0 Å². The quantitative estimate of drug-likeness (QED) is 0.732. The van der Waals surface area contributed by atoms with E-state index in [0.29, 0.717) is 12.6 Å². The molecule has 1 N–H and O–H groups in total. The van der Waals surface area contributed by atoms with E-state index in [1.807, 2.05) is 0 Å². The Hall–Kier alpha value is -1.06. The summed E-state index contributed by atoms with van der Waals surface area (Å²) in [7, 11) is 1.72. The molecule has 0 saturated heterocycles. The van der Waals surface area contributed by atoms with Crippen LogP contribution < -0.4 is 10.1 Å². The van der Waals surface area contributed by atoms with Gasteiger partial charge >= 0.3 is 0 Å². The lowest BCUT2D eigenvalue weighted by Gasteiger charge is -2.15. The third-order valence-electron chi connectivity index (χ3n) is 2.97. The molecule has 0 aromatic heterocycles. The van der Waals surface area contributed by atoms with Crippen molar-refractivity contribution in [3.05, 3.63) is 28.8 Å². The van der Waals surface area contributed by atoms with E-state index in [-0.39, 0.29) is 0 Å². The van der Waals surface area contributed by atoms with Crippen LogP contribution in [-0.4, -0.2) is 26.4 Å². The van der Waals surface area contributed by atoms with Gasteiger partial charge in [-0.05, 0) is 30.5 Å². The average Bonchev–Trinajstić information content (AvgIpc) is 2.34. The van der Waals surface area contributed by atoms with Crippen LogP contribution in [0.15, 0.2) is 12.1 Å². The van der Waals surface area contributed by atoms with Crippen LogP contribution in [0.25, 0.3) is 0 Å². The minimum absolute atomic E-state index is 0.505. The SMILES string of the molecule is COCCCOc1c(C)cc(CNC(C)C)cc1C. The van der Waals surface area contributed by atoms with E-state index < -0.39 is 0 Å². The van der Waals surface area contributed by atoms with Gasteiger partial charge < -0.3 is 14.8 Å². The minimum atomic E-state index is 0.505. The zero-order valence-electron chi connectivity index (χ0n) is 12.9. The molecule has 19 heavy (non-hydrogen) atoms. The molecule has 0 aliphatic rings. The zero-order chi connectivity index (χ0) is 14.3. The number of hydrogen-bond acceptors (Lipinski definition) is 3. The maximum Gasteiger partial charge on any atom is 0.125 e. The number of benzene rings is 1. The summed E-state index contributed by atoms with van der Waals surface area (Å²) in [5.74, 6) is 1.02. The Morgan fingerprint density at radius 2 is 1.74 bits per heavy atom. The summed E-state index contributed by atoms with van der Waals surface area (Å²) >= 11 is 0. The van der Waals surface area contributed by atoms with Crippen molar-refractivity contribution < 1.29 is 9.47 Å². The number of aryl methyl sites for hydroxylation is 2. The maximum absolute atomic E-state index is 5.85. The van der Waals surface area contributed by atoms with Gasteiger partial charge in [-0.15, -0.1) is 0 Å². The summed E-state index contributed by atoms with van der Waals surface area (Å²) in [6, 6.07) is 4.91. The largest absolute Gasteiger partial charge is 0.493 e. The van der Waals surface area contributed by atoms with Gasteiger partial charge in [-0.25, -0.2) is 0 Å². The molecular weight excluding hydrogens is 238 g/mol. The smallest absolute Gasteiger partial charge is 0.125 e. The van der Waals surface area contributed by atoms with Gasteiger partial charge in [0.2, 0.25) is 0 Å². The van der Waals surface area contributed by atoms with Gasteiger partial charge in [0.15, 0.2) is 0 Å². The van der Waals surface area contributed by atoms with Crippen molar-refractivity contribution in [1.29, 1.82) is 0 Å². The molecule has 0 saturated carbocycles. The predicted octanol–water partition coefficient (Wildman–Crippen LogP) is 3.22. The molecule has 0 heterocycles. The molecule has 0 fully saturated rings. The molecule has 0 radical (unpaired) electrons. The van der Waals surface area contributed by atoms with Gasteiger partial charge in [-0.3, -0.25) is 0 Å². The lowest BCUT2D eigenvalue weighted by molar-refractivity contribution is 0.171. The van der Waals surface area contributed by atoms with Crippen molar-refractivity contribution >= 4 is 0 Å². The topological polar surface area (TPSA) is 30.5 Å². The van der Waals surface area contributed by atoms with E-state index in [4.69, 9.17) is 9.47 Å². The Morgan fingerprint density at radius 1 is 1.11 bits per heavy atom. The van der Waals surface area contributed by atoms with Crippen molar-refractivity contribution in [2.24, 2.45) is 0 Å². The van der Waals surface area contributed by atoms with Crippen LogP contribution in [0.4, 0.5) is 0 Å². The molecular formula is C16H27NO2. The summed E-state index contributed by atoms with van der Waals surface area (Å²) in [5, 5.41) is 3.44. The van der Waals surface area contributed by atoms with Gasteiger partial charge in [0.1, 0.15) is 5.75 Å². The maximum atomic E-state index is 5.85. The van der Waals surface area contributed by atoms with Crippen molar-refractivity contribution in [2.75, 3.05) is 20.3 Å². The van der Waals surface area contributed by atoms with Crippen LogP contribution >= 0.6 is 0 Å². The van der Waals surface area contributed by atoms with E-state index >= 15 is 0 Å². The van der Waals surface area contributed by atoms with Gasteiger partial charge in [-0.2, -0.15) is 0 Å². The Kier molecular flexibility index (Phi) is 6.89. The summed E-state index contributed by atoms with van der Waals surface area (Å²) in [6.07, 6.45) is 0.923. The monoisotopic (exact) mass is 265 g/mol. The zero-order valence-corrected chi connectivity index (χ0v) is 12.9. The molecule has 1 aromatic rings. The standard InChI is InChI=1S/C16H27NO2/c1-12(2)17-11-15-9-13(3)16(14(4)10-15)19-8-6-7-18-5/h9-10,12,17H,6-8,11H2,1-5H3. The lowest BCUT2D eigenvalue weighted by atomic mass is 10.1. The molecule has 0 spiro atoms. The van der Waals surface area contributed by atoms with Gasteiger partial charge in [0.25, 0.3) is 0 Å². The number of rotatable bonds is 8. The molecule has 3 heteroatoms. The van der Waals surface area contributed by atoms with E-state index in [9.17, 15) is 0 Å². The highest BCUT2D eigenvalue weighted by Crippen LogP contribution is 2.25. The Balaban J connectivity index is 2.63. The van der Waals surface area contributed by atoms with Crippen molar-refractivity contribution in [3.63, 3.8) is 0 Å². The van der Waals surface area contributed by atoms with E-state index in [0.717, 1.165) is 25.3 Å². The first kappa shape index (κ1) is 16.0. The Bertz CT molecular complexity index is 365. The lowest BCUT2D eigenvalue weighted by Crippen LogP contribution is -2.21. The average molecular weight is 265 g/mol. The van der Waals surface area contributed by atoms with Crippen LogP contribution in [0.1, 0.15) is 37.0 Å². The molecule has 1 rings (SSSR count). The van der Waals surface area contributed by atoms with Crippen LogP contribution in [0.2, 0.25) is 0 Å². The van der Waals surface area contributed by atoms with Crippen molar-refractivity contribution in [3.8, 4) is 5.75 Å². The van der Waals surface area contributed by atoms with Gasteiger partial charge in [0.05, 0.1) is 6.61 Å². The van der Waals surface area contributed by atoms with Gasteiger partial charge in [0, 0.05) is 32.7 Å². The molecule has 0 bridgehead atoms. The second kappa shape index (κ2) is 8.18. The first-order valence-corrected chi connectivity index (χ1v) is 6.99. The molecule has 0 aliphatic heterocycles.